The predicted octanol–water partition coefficient (Wildman–Crippen LogP) is 1.62. The van der Waals surface area contributed by atoms with Gasteiger partial charge in [0.2, 0.25) is 6.79 Å². The first kappa shape index (κ1) is 12.2. The average Bonchev–Trinajstić information content (AvgIpc) is 2.76. The minimum atomic E-state index is -0.226. The van der Waals surface area contributed by atoms with Crippen LogP contribution in [0.15, 0.2) is 18.2 Å². The molecule has 0 bridgehead atoms. The quantitative estimate of drug-likeness (QED) is 0.864. The summed E-state index contributed by atoms with van der Waals surface area (Å²) in [6.07, 6.45) is 0. The molecule has 17 heavy (non-hydrogen) atoms. The second kappa shape index (κ2) is 4.55. The number of fused-ring (bicyclic) bond motifs is 1. The zero-order valence-electron chi connectivity index (χ0n) is 10.6. The van der Waals surface area contributed by atoms with Crippen molar-refractivity contribution in [3.63, 3.8) is 0 Å². The smallest absolute Gasteiger partial charge is 0.231 e. The van der Waals surface area contributed by atoms with Gasteiger partial charge in [-0.1, -0.05) is 6.07 Å². The van der Waals surface area contributed by atoms with Gasteiger partial charge in [0.1, 0.15) is 0 Å². The average molecular weight is 237 g/mol. The molecule has 4 nitrogen and oxygen atoms in total. The van der Waals surface area contributed by atoms with Crippen molar-refractivity contribution in [1.29, 1.82) is 0 Å². The van der Waals surface area contributed by atoms with Crippen LogP contribution < -0.4 is 9.47 Å². The standard InChI is InChI=1S/C13H19NO3/c1-13(2,8-15)14(3)7-10-4-5-11-12(6-10)17-9-16-11/h4-6,15H,7-9H2,1-3H3. The fraction of sp³-hybridized carbons (Fsp3) is 0.538. The van der Waals surface area contributed by atoms with Gasteiger partial charge in [-0.15, -0.1) is 0 Å². The molecule has 0 radical (unpaired) electrons. The second-order valence-electron chi connectivity index (χ2n) is 5.01. The third kappa shape index (κ3) is 2.53. The maximum absolute atomic E-state index is 9.31. The number of benzene rings is 1. The van der Waals surface area contributed by atoms with Crippen molar-refractivity contribution >= 4 is 0 Å². The molecule has 1 aliphatic heterocycles. The Balaban J connectivity index is 2.09. The van der Waals surface area contributed by atoms with Crippen molar-refractivity contribution in [2.24, 2.45) is 0 Å². The first-order valence-electron chi connectivity index (χ1n) is 5.73. The lowest BCUT2D eigenvalue weighted by atomic mass is 10.0. The Bertz CT molecular complexity index is 404. The summed E-state index contributed by atoms with van der Waals surface area (Å²) in [6.45, 7) is 5.23. The Morgan fingerprint density at radius 3 is 2.71 bits per heavy atom. The van der Waals surface area contributed by atoms with Crippen LogP contribution in [0.1, 0.15) is 19.4 Å². The van der Waals surface area contributed by atoms with E-state index in [0.717, 1.165) is 23.6 Å². The summed E-state index contributed by atoms with van der Waals surface area (Å²) < 4.78 is 10.6. The molecule has 0 amide bonds. The van der Waals surface area contributed by atoms with Crippen LogP contribution in [-0.2, 0) is 6.54 Å². The number of rotatable bonds is 4. The third-order valence-corrected chi connectivity index (χ3v) is 3.28. The molecule has 0 unspecified atom stereocenters. The zero-order valence-corrected chi connectivity index (χ0v) is 10.6. The van der Waals surface area contributed by atoms with E-state index in [1.54, 1.807) is 0 Å². The zero-order chi connectivity index (χ0) is 12.5. The number of aliphatic hydroxyl groups is 1. The molecule has 1 heterocycles. The van der Waals surface area contributed by atoms with Gasteiger partial charge in [0, 0.05) is 12.1 Å². The Morgan fingerprint density at radius 2 is 2.00 bits per heavy atom. The van der Waals surface area contributed by atoms with Gasteiger partial charge < -0.3 is 14.6 Å². The van der Waals surface area contributed by atoms with Gasteiger partial charge in [-0.2, -0.15) is 0 Å². The topological polar surface area (TPSA) is 41.9 Å². The summed E-state index contributed by atoms with van der Waals surface area (Å²) >= 11 is 0. The molecule has 0 atom stereocenters. The molecular formula is C13H19NO3. The minimum Gasteiger partial charge on any atom is -0.454 e. The van der Waals surface area contributed by atoms with Crippen LogP contribution in [0.2, 0.25) is 0 Å². The Kier molecular flexibility index (Phi) is 3.26. The number of ether oxygens (including phenoxy) is 2. The number of likely N-dealkylation sites (N-methyl/N-ethyl adjacent to an activating group) is 1. The van der Waals surface area contributed by atoms with E-state index in [2.05, 4.69) is 4.90 Å². The molecular weight excluding hydrogens is 218 g/mol. The van der Waals surface area contributed by atoms with Crippen molar-refractivity contribution in [3.05, 3.63) is 23.8 Å². The van der Waals surface area contributed by atoms with Crippen molar-refractivity contribution in [3.8, 4) is 11.5 Å². The van der Waals surface area contributed by atoms with E-state index in [4.69, 9.17) is 9.47 Å². The summed E-state index contributed by atoms with van der Waals surface area (Å²) in [5, 5.41) is 9.31. The SMILES string of the molecule is CN(Cc1ccc2c(c1)OCO2)C(C)(C)CO. The normalized spacial score (nSPS) is 14.4. The maximum atomic E-state index is 9.31. The summed E-state index contributed by atoms with van der Waals surface area (Å²) in [7, 11) is 2.00. The lowest BCUT2D eigenvalue weighted by molar-refractivity contribution is 0.0733. The Labute approximate surface area is 102 Å². The van der Waals surface area contributed by atoms with Crippen LogP contribution >= 0.6 is 0 Å². The van der Waals surface area contributed by atoms with Crippen molar-refractivity contribution in [2.45, 2.75) is 25.9 Å². The van der Waals surface area contributed by atoms with Crippen molar-refractivity contribution in [1.82, 2.24) is 4.90 Å². The predicted molar refractivity (Wildman–Crippen MR) is 65.2 cm³/mol. The first-order valence-corrected chi connectivity index (χ1v) is 5.73. The van der Waals surface area contributed by atoms with E-state index < -0.39 is 0 Å². The van der Waals surface area contributed by atoms with E-state index in [1.165, 1.54) is 0 Å². The van der Waals surface area contributed by atoms with E-state index in [1.807, 2.05) is 39.1 Å². The highest BCUT2D eigenvalue weighted by atomic mass is 16.7. The molecule has 1 N–H and O–H groups in total. The van der Waals surface area contributed by atoms with Gasteiger partial charge in [-0.05, 0) is 38.6 Å². The second-order valence-corrected chi connectivity index (χ2v) is 5.01. The van der Waals surface area contributed by atoms with Crippen LogP contribution in [0.4, 0.5) is 0 Å². The molecule has 1 aromatic carbocycles. The fourth-order valence-electron chi connectivity index (χ4n) is 1.65. The van der Waals surface area contributed by atoms with Gasteiger partial charge in [0.05, 0.1) is 6.61 Å². The van der Waals surface area contributed by atoms with Crippen LogP contribution in [0.5, 0.6) is 11.5 Å². The van der Waals surface area contributed by atoms with Gasteiger partial charge in [0.15, 0.2) is 11.5 Å². The minimum absolute atomic E-state index is 0.133. The lowest BCUT2D eigenvalue weighted by Crippen LogP contribution is -2.43. The van der Waals surface area contributed by atoms with Crippen LogP contribution in [0.25, 0.3) is 0 Å². The first-order chi connectivity index (χ1) is 8.03. The van der Waals surface area contributed by atoms with Crippen molar-refractivity contribution < 1.29 is 14.6 Å². The maximum Gasteiger partial charge on any atom is 0.231 e. The largest absolute Gasteiger partial charge is 0.454 e. The van der Waals surface area contributed by atoms with E-state index in [9.17, 15) is 5.11 Å². The van der Waals surface area contributed by atoms with Gasteiger partial charge in [0.25, 0.3) is 0 Å². The van der Waals surface area contributed by atoms with Gasteiger partial charge in [-0.3, -0.25) is 4.90 Å². The van der Waals surface area contributed by atoms with Crippen molar-refractivity contribution in [2.75, 3.05) is 20.4 Å². The summed E-state index contributed by atoms with van der Waals surface area (Å²) in [4.78, 5) is 2.12. The number of aliphatic hydroxyl groups excluding tert-OH is 1. The monoisotopic (exact) mass is 237 g/mol. The van der Waals surface area contributed by atoms with E-state index in [-0.39, 0.29) is 12.1 Å². The molecule has 1 aromatic rings. The molecule has 0 saturated carbocycles. The van der Waals surface area contributed by atoms with E-state index >= 15 is 0 Å². The summed E-state index contributed by atoms with van der Waals surface area (Å²) in [6, 6.07) is 5.95. The third-order valence-electron chi connectivity index (χ3n) is 3.28. The number of hydrogen-bond acceptors (Lipinski definition) is 4. The van der Waals surface area contributed by atoms with Crippen LogP contribution in [0.3, 0.4) is 0 Å². The molecule has 0 spiro atoms. The summed E-state index contributed by atoms with van der Waals surface area (Å²) in [5.74, 6) is 1.61. The molecule has 0 aromatic heterocycles. The molecule has 2 rings (SSSR count). The highest BCUT2D eigenvalue weighted by molar-refractivity contribution is 5.44. The Hall–Kier alpha value is -1.26. The molecule has 94 valence electrons. The van der Waals surface area contributed by atoms with Gasteiger partial charge >= 0.3 is 0 Å². The lowest BCUT2D eigenvalue weighted by Gasteiger charge is -2.33. The van der Waals surface area contributed by atoms with Gasteiger partial charge in [-0.25, -0.2) is 0 Å². The molecule has 0 aliphatic carbocycles. The summed E-state index contributed by atoms with van der Waals surface area (Å²) in [5.41, 5.74) is 0.925. The Morgan fingerprint density at radius 1 is 1.29 bits per heavy atom. The van der Waals surface area contributed by atoms with Crippen LogP contribution in [0, 0.1) is 0 Å². The molecule has 0 fully saturated rings. The highest BCUT2D eigenvalue weighted by Gasteiger charge is 2.23. The number of nitrogens with zero attached hydrogens (tertiary/aromatic N) is 1. The molecule has 1 aliphatic rings. The molecule has 0 saturated heterocycles. The fourth-order valence-corrected chi connectivity index (χ4v) is 1.65. The number of hydrogen-bond donors (Lipinski definition) is 1. The van der Waals surface area contributed by atoms with Crippen LogP contribution in [-0.4, -0.2) is 36.0 Å². The molecule has 4 heteroatoms. The highest BCUT2D eigenvalue weighted by Crippen LogP contribution is 2.33. The van der Waals surface area contributed by atoms with E-state index in [0.29, 0.717) is 6.79 Å².